The van der Waals surface area contributed by atoms with Crippen LogP contribution in [0.25, 0.3) is 0 Å². The van der Waals surface area contributed by atoms with Gasteiger partial charge in [-0.3, -0.25) is 19.2 Å². The van der Waals surface area contributed by atoms with Gasteiger partial charge in [0.15, 0.2) is 5.69 Å². The lowest BCUT2D eigenvalue weighted by Gasteiger charge is -2.27. The Labute approximate surface area is 194 Å². The van der Waals surface area contributed by atoms with E-state index in [2.05, 4.69) is 27.6 Å². The van der Waals surface area contributed by atoms with Crippen LogP contribution in [0, 0.1) is 0 Å². The van der Waals surface area contributed by atoms with Crippen LogP contribution in [0.5, 0.6) is 0 Å². The number of nitrogens with zero attached hydrogens (tertiary/aromatic N) is 3. The minimum atomic E-state index is -0.184. The highest BCUT2D eigenvalue weighted by Crippen LogP contribution is 2.24. The van der Waals surface area contributed by atoms with Crippen molar-refractivity contribution in [2.45, 2.75) is 45.8 Å². The predicted molar refractivity (Wildman–Crippen MR) is 129 cm³/mol. The molecular formula is C26H31N5O2. The maximum Gasteiger partial charge on any atom is 0.276 e. The molecule has 0 unspecified atom stereocenters. The number of fused-ring (bicyclic) bond motifs is 1. The first kappa shape index (κ1) is 22.7. The fourth-order valence-electron chi connectivity index (χ4n) is 4.11. The minimum Gasteiger partial charge on any atom is -0.350 e. The Kier molecular flexibility index (Phi) is 6.89. The third-order valence-electron chi connectivity index (χ3n) is 6.18. The number of rotatable bonds is 7. The van der Waals surface area contributed by atoms with Gasteiger partial charge in [-0.25, -0.2) is 0 Å². The van der Waals surface area contributed by atoms with Gasteiger partial charge in [0.05, 0.1) is 0 Å². The molecule has 0 fully saturated rings. The Balaban J connectivity index is 1.43. The summed E-state index contributed by atoms with van der Waals surface area (Å²) in [5.74, 6) is -0.223. The van der Waals surface area contributed by atoms with Crippen LogP contribution in [0.3, 0.4) is 0 Å². The number of nitrogens with one attached hydrogen (secondary N) is 2. The van der Waals surface area contributed by atoms with Crippen molar-refractivity contribution in [3.05, 3.63) is 82.7 Å². The second-order valence-corrected chi connectivity index (χ2v) is 8.66. The average molecular weight is 446 g/mol. The molecule has 2 N–H and O–H groups in total. The van der Waals surface area contributed by atoms with Crippen LogP contribution in [0.2, 0.25) is 0 Å². The third kappa shape index (κ3) is 5.31. The Bertz CT molecular complexity index is 1120. The zero-order chi connectivity index (χ0) is 23.4. The smallest absolute Gasteiger partial charge is 0.276 e. The van der Waals surface area contributed by atoms with E-state index in [9.17, 15) is 9.59 Å². The molecule has 172 valence electrons. The number of hydrogen-bond acceptors (Lipinski definition) is 4. The van der Waals surface area contributed by atoms with Gasteiger partial charge in [-0.1, -0.05) is 37.3 Å². The maximum absolute atomic E-state index is 12.9. The van der Waals surface area contributed by atoms with Gasteiger partial charge < -0.3 is 10.6 Å². The summed E-state index contributed by atoms with van der Waals surface area (Å²) in [4.78, 5) is 27.6. The number of aryl methyl sites for hydroxylation is 1. The molecule has 1 atom stereocenters. The average Bonchev–Trinajstić information content (AvgIpc) is 3.16. The van der Waals surface area contributed by atoms with Crippen LogP contribution >= 0.6 is 0 Å². The molecule has 0 saturated carbocycles. The van der Waals surface area contributed by atoms with Crippen LogP contribution < -0.4 is 10.6 Å². The lowest BCUT2D eigenvalue weighted by Crippen LogP contribution is -2.32. The highest BCUT2D eigenvalue weighted by atomic mass is 16.2. The molecular weight excluding hydrogens is 414 g/mol. The van der Waals surface area contributed by atoms with E-state index in [1.165, 1.54) is 0 Å². The predicted octanol–water partition coefficient (Wildman–Crippen LogP) is 3.76. The monoisotopic (exact) mass is 445 g/mol. The van der Waals surface area contributed by atoms with Gasteiger partial charge in [0.1, 0.15) is 0 Å². The summed E-state index contributed by atoms with van der Waals surface area (Å²) in [5, 5.41) is 10.5. The molecule has 7 nitrogen and oxygen atoms in total. The number of carbonyl (C=O) groups is 2. The summed E-state index contributed by atoms with van der Waals surface area (Å²) in [6, 6.07) is 17.4. The Morgan fingerprint density at radius 3 is 2.48 bits per heavy atom. The van der Waals surface area contributed by atoms with E-state index in [1.54, 1.807) is 0 Å². The van der Waals surface area contributed by atoms with Crippen molar-refractivity contribution in [2.75, 3.05) is 11.9 Å². The second-order valence-electron chi connectivity index (χ2n) is 8.66. The molecule has 3 aromatic rings. The van der Waals surface area contributed by atoms with Crippen LogP contribution in [0.1, 0.15) is 57.9 Å². The first-order valence-corrected chi connectivity index (χ1v) is 11.5. The molecule has 1 aromatic heterocycles. The van der Waals surface area contributed by atoms with Crippen LogP contribution in [0.15, 0.2) is 54.6 Å². The molecule has 0 bridgehead atoms. The lowest BCUT2D eigenvalue weighted by molar-refractivity contribution is 0.0938. The molecule has 33 heavy (non-hydrogen) atoms. The maximum atomic E-state index is 12.9. The zero-order valence-electron chi connectivity index (χ0n) is 19.5. The molecule has 1 aliphatic rings. The van der Waals surface area contributed by atoms with Crippen molar-refractivity contribution in [2.24, 2.45) is 7.05 Å². The standard InChI is InChI=1S/C26H31N5O2/c1-4-18(2)27-25(32)20-12-10-19(11-13-20)16-31-15-14-23-22(17-31)24(29-30(23)3)26(33)28-21-8-6-5-7-9-21/h5-13,18H,4,14-17H2,1-3H3,(H,27,32)(H,28,33)/t18-/m1/s1. The molecule has 1 aliphatic heterocycles. The number of para-hydroxylation sites is 1. The Morgan fingerprint density at radius 1 is 1.06 bits per heavy atom. The lowest BCUT2D eigenvalue weighted by atomic mass is 10.0. The number of hydrogen-bond donors (Lipinski definition) is 2. The van der Waals surface area contributed by atoms with Crippen molar-refractivity contribution < 1.29 is 9.59 Å². The van der Waals surface area contributed by atoms with E-state index in [-0.39, 0.29) is 17.9 Å². The minimum absolute atomic E-state index is 0.0389. The number of benzene rings is 2. The van der Waals surface area contributed by atoms with Crippen molar-refractivity contribution >= 4 is 17.5 Å². The van der Waals surface area contributed by atoms with Crippen LogP contribution in [-0.4, -0.2) is 39.1 Å². The van der Waals surface area contributed by atoms with Gasteiger partial charge >= 0.3 is 0 Å². The highest BCUT2D eigenvalue weighted by molar-refractivity contribution is 6.04. The molecule has 7 heteroatoms. The molecule has 4 rings (SSSR count). The SMILES string of the molecule is CC[C@@H](C)NC(=O)c1ccc(CN2CCc3c(c(C(=O)Nc4ccccc4)nn3C)C2)cc1. The van der Waals surface area contributed by atoms with Crippen molar-refractivity contribution in [3.63, 3.8) is 0 Å². The van der Waals surface area contributed by atoms with Gasteiger partial charge in [-0.05, 0) is 43.2 Å². The summed E-state index contributed by atoms with van der Waals surface area (Å²) in [6.07, 6.45) is 1.74. The van der Waals surface area contributed by atoms with Crippen molar-refractivity contribution in [1.82, 2.24) is 20.0 Å². The van der Waals surface area contributed by atoms with Gasteiger partial charge in [-0.2, -0.15) is 5.10 Å². The number of amides is 2. The molecule has 0 aliphatic carbocycles. The topological polar surface area (TPSA) is 79.3 Å². The molecule has 2 amide bonds. The second kappa shape index (κ2) is 10.0. The van der Waals surface area contributed by atoms with E-state index in [0.717, 1.165) is 48.4 Å². The number of aromatic nitrogens is 2. The molecule has 0 saturated heterocycles. The van der Waals surface area contributed by atoms with Crippen molar-refractivity contribution in [1.29, 1.82) is 0 Å². The van der Waals surface area contributed by atoms with E-state index in [4.69, 9.17) is 0 Å². The third-order valence-corrected chi connectivity index (χ3v) is 6.18. The fraction of sp³-hybridized carbons (Fsp3) is 0.346. The van der Waals surface area contributed by atoms with E-state index in [1.807, 2.05) is 73.3 Å². The van der Waals surface area contributed by atoms with Crippen LogP contribution in [0.4, 0.5) is 5.69 Å². The summed E-state index contributed by atoms with van der Waals surface area (Å²) in [7, 11) is 1.90. The quantitative estimate of drug-likeness (QED) is 0.580. The van der Waals surface area contributed by atoms with E-state index in [0.29, 0.717) is 17.8 Å². The Hall–Kier alpha value is -3.45. The first-order valence-electron chi connectivity index (χ1n) is 11.5. The van der Waals surface area contributed by atoms with E-state index >= 15 is 0 Å². The Morgan fingerprint density at radius 2 is 1.79 bits per heavy atom. The number of anilines is 1. The fourth-order valence-corrected chi connectivity index (χ4v) is 4.11. The largest absolute Gasteiger partial charge is 0.350 e. The summed E-state index contributed by atoms with van der Waals surface area (Å²) in [6.45, 7) is 6.36. The summed E-state index contributed by atoms with van der Waals surface area (Å²) in [5.41, 5.74) is 5.15. The molecule has 0 spiro atoms. The van der Waals surface area contributed by atoms with Gasteiger partial charge in [0.25, 0.3) is 11.8 Å². The highest BCUT2D eigenvalue weighted by Gasteiger charge is 2.27. The number of carbonyl (C=O) groups excluding carboxylic acids is 2. The zero-order valence-corrected chi connectivity index (χ0v) is 19.5. The summed E-state index contributed by atoms with van der Waals surface area (Å²) < 4.78 is 1.83. The van der Waals surface area contributed by atoms with E-state index < -0.39 is 0 Å². The molecule has 2 aromatic carbocycles. The van der Waals surface area contributed by atoms with Gasteiger partial charge in [0, 0.05) is 61.7 Å². The van der Waals surface area contributed by atoms with Gasteiger partial charge in [0.2, 0.25) is 0 Å². The molecule has 2 heterocycles. The van der Waals surface area contributed by atoms with Crippen molar-refractivity contribution in [3.8, 4) is 0 Å². The van der Waals surface area contributed by atoms with Gasteiger partial charge in [-0.15, -0.1) is 0 Å². The summed E-state index contributed by atoms with van der Waals surface area (Å²) >= 11 is 0. The first-order chi connectivity index (χ1) is 15.9. The van der Waals surface area contributed by atoms with Crippen LogP contribution in [-0.2, 0) is 26.6 Å². The normalized spacial score (nSPS) is 14.4. The molecule has 0 radical (unpaired) electrons.